The minimum absolute atomic E-state index is 0.101. The zero-order chi connectivity index (χ0) is 27.1. The van der Waals surface area contributed by atoms with Crippen LogP contribution in [0, 0.1) is 6.57 Å². The summed E-state index contributed by atoms with van der Waals surface area (Å²) in [5.74, 6) is 0.850. The second kappa shape index (κ2) is 9.73. The number of imidazole rings is 1. The third-order valence-corrected chi connectivity index (χ3v) is 7.49. The summed E-state index contributed by atoms with van der Waals surface area (Å²) in [7, 11) is 0. The summed E-state index contributed by atoms with van der Waals surface area (Å²) >= 11 is 0. The fourth-order valence-electron chi connectivity index (χ4n) is 5.28. The average molecular weight is 523 g/mol. The maximum atomic E-state index is 12.8. The van der Waals surface area contributed by atoms with Crippen molar-refractivity contribution in [3.63, 3.8) is 0 Å². The van der Waals surface area contributed by atoms with Crippen LogP contribution in [0.3, 0.4) is 0 Å². The molecule has 2 aliphatic rings. The second-order valence-corrected chi connectivity index (χ2v) is 10.7. The lowest BCUT2D eigenvalue weighted by atomic mass is 10.0. The molecule has 1 amide bonds. The number of aliphatic hydroxyl groups is 1. The molecule has 1 saturated heterocycles. The fourth-order valence-corrected chi connectivity index (χ4v) is 5.28. The van der Waals surface area contributed by atoms with E-state index in [1.807, 2.05) is 56.4 Å². The van der Waals surface area contributed by atoms with Crippen LogP contribution in [-0.2, 0) is 11.3 Å². The van der Waals surface area contributed by atoms with E-state index in [9.17, 15) is 9.90 Å². The molecule has 0 radical (unpaired) electrons. The topological polar surface area (TPSA) is 88.9 Å². The van der Waals surface area contributed by atoms with Crippen molar-refractivity contribution in [1.82, 2.24) is 19.4 Å². The number of carbonyl (C=O) groups excluding carboxylic acids is 1. The zero-order valence-electron chi connectivity index (χ0n) is 22.0. The van der Waals surface area contributed by atoms with Crippen molar-refractivity contribution in [2.45, 2.75) is 38.5 Å². The number of carbonyl (C=O) groups is 1. The first kappa shape index (κ1) is 24.9. The van der Waals surface area contributed by atoms with Crippen LogP contribution in [0.5, 0.6) is 0 Å². The van der Waals surface area contributed by atoms with Gasteiger partial charge in [-0.05, 0) is 55.7 Å². The van der Waals surface area contributed by atoms with Crippen LogP contribution >= 0.6 is 0 Å². The van der Waals surface area contributed by atoms with Gasteiger partial charge in [0.15, 0.2) is 11.5 Å². The Bertz CT molecular complexity index is 1580. The van der Waals surface area contributed by atoms with E-state index in [2.05, 4.69) is 42.6 Å². The van der Waals surface area contributed by atoms with Gasteiger partial charge in [0, 0.05) is 55.1 Å². The summed E-state index contributed by atoms with van der Waals surface area (Å²) in [5, 5.41) is 12.7. The molecular formula is C30H30N6O3. The summed E-state index contributed by atoms with van der Waals surface area (Å²) in [4.78, 5) is 22.7. The Labute approximate surface area is 227 Å². The van der Waals surface area contributed by atoms with Crippen molar-refractivity contribution >= 4 is 17.5 Å². The van der Waals surface area contributed by atoms with Crippen LogP contribution < -0.4 is 10.2 Å². The van der Waals surface area contributed by atoms with Gasteiger partial charge in [-0.3, -0.25) is 9.47 Å². The zero-order valence-corrected chi connectivity index (χ0v) is 22.0. The molecule has 2 aromatic heterocycles. The smallest absolute Gasteiger partial charge is 0.414 e. The van der Waals surface area contributed by atoms with E-state index in [0.717, 1.165) is 39.6 Å². The van der Waals surface area contributed by atoms with E-state index in [-0.39, 0.29) is 24.3 Å². The maximum Gasteiger partial charge on any atom is 0.414 e. The minimum atomic E-state index is -0.356. The summed E-state index contributed by atoms with van der Waals surface area (Å²) in [5.41, 5.74) is 6.35. The van der Waals surface area contributed by atoms with Crippen molar-refractivity contribution in [3.8, 4) is 28.3 Å². The SMILES string of the molecule is [C-]#[N+]c1ccc(-c2cc3n(c2)Cc2cc(N4C[C@@H](CNC(C)(C)CCO)OC4=O)ccc2-n2ccnc2-3)cc1. The van der Waals surface area contributed by atoms with Crippen LogP contribution in [0.2, 0.25) is 0 Å². The molecule has 2 aromatic carbocycles. The number of benzene rings is 2. The molecule has 0 unspecified atom stereocenters. The van der Waals surface area contributed by atoms with Crippen LogP contribution in [0.25, 0.3) is 33.2 Å². The summed E-state index contributed by atoms with van der Waals surface area (Å²) in [6.45, 7) is 13.0. The largest absolute Gasteiger partial charge is 0.443 e. The summed E-state index contributed by atoms with van der Waals surface area (Å²) in [6, 6.07) is 15.8. The molecule has 39 heavy (non-hydrogen) atoms. The van der Waals surface area contributed by atoms with Crippen molar-refractivity contribution in [1.29, 1.82) is 0 Å². The molecule has 2 N–H and O–H groups in total. The molecule has 6 rings (SSSR count). The predicted molar refractivity (Wildman–Crippen MR) is 149 cm³/mol. The third-order valence-electron chi connectivity index (χ3n) is 7.49. The number of fused-ring (bicyclic) bond motifs is 5. The molecule has 0 aliphatic carbocycles. The predicted octanol–water partition coefficient (Wildman–Crippen LogP) is 5.00. The van der Waals surface area contributed by atoms with Gasteiger partial charge in [0.05, 0.1) is 24.5 Å². The van der Waals surface area contributed by atoms with Gasteiger partial charge in [-0.15, -0.1) is 0 Å². The third kappa shape index (κ3) is 4.69. The van der Waals surface area contributed by atoms with Crippen LogP contribution in [0.1, 0.15) is 25.8 Å². The van der Waals surface area contributed by atoms with Crippen molar-refractivity contribution in [2.75, 3.05) is 24.6 Å². The molecular weight excluding hydrogens is 492 g/mol. The Morgan fingerprint density at radius 1 is 1.18 bits per heavy atom. The lowest BCUT2D eigenvalue weighted by molar-refractivity contribution is 0.131. The number of nitrogens with one attached hydrogen (secondary N) is 1. The standard InChI is InChI=1S/C30H30N6O3/c1-30(2,10-13-37)33-16-25-19-36(29(38)39-25)24-8-9-26-22(14-24)18-34-17-21(20-4-6-23(31-3)7-5-20)15-27(34)28-32-11-12-35(26)28/h4-9,11-12,14-15,17,25,33,37H,10,13,16,18-19H2,1-2H3/t25-/m1/s1. The number of rotatable bonds is 7. The van der Waals surface area contributed by atoms with E-state index in [1.165, 1.54) is 0 Å². The van der Waals surface area contributed by atoms with Gasteiger partial charge in [0.25, 0.3) is 0 Å². The molecule has 4 heterocycles. The molecule has 0 bridgehead atoms. The quantitative estimate of drug-likeness (QED) is 0.294. The van der Waals surface area contributed by atoms with Gasteiger partial charge in [0.1, 0.15) is 6.10 Å². The fraction of sp³-hybridized carbons (Fsp3) is 0.300. The lowest BCUT2D eigenvalue weighted by Gasteiger charge is -2.26. The molecule has 1 fully saturated rings. The Morgan fingerprint density at radius 3 is 2.77 bits per heavy atom. The highest BCUT2D eigenvalue weighted by Crippen LogP contribution is 2.36. The molecule has 0 spiro atoms. The van der Waals surface area contributed by atoms with Gasteiger partial charge < -0.3 is 19.7 Å². The molecule has 4 aromatic rings. The van der Waals surface area contributed by atoms with E-state index in [0.29, 0.717) is 31.7 Å². The number of nitrogens with zero attached hydrogens (tertiary/aromatic N) is 5. The number of aromatic nitrogens is 3. The number of cyclic esters (lactones) is 1. The number of anilines is 1. The normalized spacial score (nSPS) is 16.2. The molecule has 9 heteroatoms. The first-order valence-corrected chi connectivity index (χ1v) is 13.0. The highest BCUT2D eigenvalue weighted by molar-refractivity contribution is 5.90. The van der Waals surface area contributed by atoms with Crippen LogP contribution in [0.15, 0.2) is 67.1 Å². The number of ether oxygens (including phenoxy) is 1. The van der Waals surface area contributed by atoms with E-state index >= 15 is 0 Å². The van der Waals surface area contributed by atoms with Gasteiger partial charge in [-0.2, -0.15) is 0 Å². The number of hydrogen-bond donors (Lipinski definition) is 2. The molecule has 2 aliphatic heterocycles. The van der Waals surface area contributed by atoms with Crippen molar-refractivity contribution in [3.05, 3.63) is 84.1 Å². The van der Waals surface area contributed by atoms with Gasteiger partial charge in [-0.25, -0.2) is 14.6 Å². The second-order valence-electron chi connectivity index (χ2n) is 10.7. The molecule has 9 nitrogen and oxygen atoms in total. The van der Waals surface area contributed by atoms with Crippen molar-refractivity contribution < 1.29 is 14.6 Å². The Kier molecular flexibility index (Phi) is 6.22. The Balaban J connectivity index is 1.28. The maximum absolute atomic E-state index is 12.8. The monoisotopic (exact) mass is 522 g/mol. The van der Waals surface area contributed by atoms with Crippen LogP contribution in [0.4, 0.5) is 16.2 Å². The average Bonchev–Trinajstić information content (AvgIpc) is 3.65. The number of amides is 1. The van der Waals surface area contributed by atoms with Crippen molar-refractivity contribution in [2.24, 2.45) is 0 Å². The first-order chi connectivity index (χ1) is 18.8. The van der Waals surface area contributed by atoms with E-state index in [4.69, 9.17) is 11.3 Å². The first-order valence-electron chi connectivity index (χ1n) is 13.0. The molecule has 0 saturated carbocycles. The van der Waals surface area contributed by atoms with E-state index in [1.54, 1.807) is 11.1 Å². The lowest BCUT2D eigenvalue weighted by Crippen LogP contribution is -2.44. The van der Waals surface area contributed by atoms with Crippen LogP contribution in [-0.4, -0.2) is 56.7 Å². The number of aliphatic hydroxyl groups excluding tert-OH is 1. The van der Waals surface area contributed by atoms with Gasteiger partial charge in [0.2, 0.25) is 0 Å². The Morgan fingerprint density at radius 2 is 2.00 bits per heavy atom. The number of hydrogen-bond acceptors (Lipinski definition) is 5. The minimum Gasteiger partial charge on any atom is -0.443 e. The van der Waals surface area contributed by atoms with Gasteiger partial charge >= 0.3 is 6.09 Å². The highest BCUT2D eigenvalue weighted by Gasteiger charge is 2.34. The van der Waals surface area contributed by atoms with Gasteiger partial charge in [-0.1, -0.05) is 24.3 Å². The Hall–Kier alpha value is -4.39. The summed E-state index contributed by atoms with van der Waals surface area (Å²) in [6.07, 6.45) is 5.86. The molecule has 1 atom stereocenters. The molecule has 198 valence electrons. The summed E-state index contributed by atoms with van der Waals surface area (Å²) < 4.78 is 9.93. The van der Waals surface area contributed by atoms with E-state index < -0.39 is 0 Å². The highest BCUT2D eigenvalue weighted by atomic mass is 16.6.